The number of benzene rings is 1. The standard InChI is InChI=1S/C26H27Cl2N7O3/c1-37-25(36)34-6-2-5-26(13-34)14-35(15-26)24-32-8-16(9-33-24)23(30)18-7-17(3-4-22(18)29)38-12-19-20(27)10-31-11-21(19)28/h3-4,7-11,30H,2,5-6,12-15,29H2,1H3. The summed E-state index contributed by atoms with van der Waals surface area (Å²) >= 11 is 12.4. The summed E-state index contributed by atoms with van der Waals surface area (Å²) in [6.45, 7) is 3.09. The van der Waals surface area contributed by atoms with Gasteiger partial charge in [-0.3, -0.25) is 10.4 Å². The predicted molar refractivity (Wildman–Crippen MR) is 145 cm³/mol. The molecule has 0 atom stereocenters. The summed E-state index contributed by atoms with van der Waals surface area (Å²) in [5.41, 5.74) is 8.49. The third-order valence-electron chi connectivity index (χ3n) is 6.99. The van der Waals surface area contributed by atoms with Crippen molar-refractivity contribution in [2.24, 2.45) is 5.41 Å². The van der Waals surface area contributed by atoms with Crippen LogP contribution in [-0.2, 0) is 11.3 Å². The lowest BCUT2D eigenvalue weighted by Crippen LogP contribution is -2.64. The summed E-state index contributed by atoms with van der Waals surface area (Å²) in [6.07, 6.45) is 7.99. The topological polar surface area (TPSA) is 131 Å². The van der Waals surface area contributed by atoms with Gasteiger partial charge in [0.25, 0.3) is 0 Å². The summed E-state index contributed by atoms with van der Waals surface area (Å²) in [4.78, 5) is 28.8. The summed E-state index contributed by atoms with van der Waals surface area (Å²) < 4.78 is 10.8. The van der Waals surface area contributed by atoms with Crippen molar-refractivity contribution in [3.8, 4) is 5.75 Å². The van der Waals surface area contributed by atoms with E-state index in [9.17, 15) is 4.79 Å². The van der Waals surface area contributed by atoms with Crippen molar-refractivity contribution in [1.82, 2.24) is 19.9 Å². The molecule has 1 aromatic carbocycles. The first-order valence-corrected chi connectivity index (χ1v) is 12.8. The molecule has 2 aliphatic rings. The number of carbonyl (C=O) groups excluding carboxylic acids is 1. The number of halogens is 2. The Morgan fingerprint density at radius 1 is 1.13 bits per heavy atom. The second-order valence-electron chi connectivity index (χ2n) is 9.62. The fraction of sp³-hybridized carbons (Fsp3) is 0.346. The molecule has 0 unspecified atom stereocenters. The molecule has 2 aromatic heterocycles. The number of piperidine rings is 1. The van der Waals surface area contributed by atoms with Gasteiger partial charge < -0.3 is 25.0 Å². The van der Waals surface area contributed by atoms with Crippen LogP contribution in [0.3, 0.4) is 0 Å². The predicted octanol–water partition coefficient (Wildman–Crippen LogP) is 4.42. The van der Waals surface area contributed by atoms with Crippen molar-refractivity contribution in [3.05, 3.63) is 69.7 Å². The van der Waals surface area contributed by atoms with Crippen molar-refractivity contribution in [2.75, 3.05) is 43.9 Å². The Kier molecular flexibility index (Phi) is 7.27. The minimum Gasteiger partial charge on any atom is -0.489 e. The number of nitrogen functional groups attached to an aromatic ring is 1. The average Bonchev–Trinajstić information content (AvgIpc) is 2.91. The molecule has 4 heterocycles. The molecule has 2 aliphatic heterocycles. The van der Waals surface area contributed by atoms with E-state index in [0.29, 0.717) is 50.7 Å². The normalized spacial score (nSPS) is 16.2. The zero-order valence-corrected chi connectivity index (χ0v) is 22.3. The van der Waals surface area contributed by atoms with Crippen LogP contribution < -0.4 is 15.4 Å². The highest BCUT2D eigenvalue weighted by Crippen LogP contribution is 2.40. The van der Waals surface area contributed by atoms with Crippen LogP contribution in [0.1, 0.15) is 29.5 Å². The number of pyridine rings is 1. The lowest BCUT2D eigenvalue weighted by molar-refractivity contribution is 0.0498. The van der Waals surface area contributed by atoms with Crippen LogP contribution >= 0.6 is 23.2 Å². The molecule has 0 bridgehead atoms. The van der Waals surface area contributed by atoms with Crippen LogP contribution in [0.25, 0.3) is 0 Å². The van der Waals surface area contributed by atoms with Crippen molar-refractivity contribution < 1.29 is 14.3 Å². The Bertz CT molecular complexity index is 1340. The van der Waals surface area contributed by atoms with Gasteiger partial charge in [-0.1, -0.05) is 23.2 Å². The largest absolute Gasteiger partial charge is 0.489 e. The fourth-order valence-corrected chi connectivity index (χ4v) is 5.47. The molecule has 3 N–H and O–H groups in total. The van der Waals surface area contributed by atoms with Crippen LogP contribution in [-0.4, -0.2) is 64.9 Å². The molecule has 12 heteroatoms. The Morgan fingerprint density at radius 3 is 2.53 bits per heavy atom. The first-order valence-electron chi connectivity index (χ1n) is 12.1. The number of likely N-dealkylation sites (tertiary alicyclic amines) is 1. The number of nitrogens with zero attached hydrogens (tertiary/aromatic N) is 5. The molecule has 0 radical (unpaired) electrons. The number of anilines is 2. The monoisotopic (exact) mass is 555 g/mol. The number of ether oxygens (including phenoxy) is 2. The molecule has 1 amide bonds. The Hall–Kier alpha value is -3.63. The van der Waals surface area contributed by atoms with Crippen LogP contribution in [0.4, 0.5) is 16.4 Å². The van der Waals surface area contributed by atoms with E-state index >= 15 is 0 Å². The zero-order chi connectivity index (χ0) is 26.9. The maximum Gasteiger partial charge on any atom is 0.409 e. The van der Waals surface area contributed by atoms with Gasteiger partial charge in [0, 0.05) is 78.8 Å². The molecular weight excluding hydrogens is 529 g/mol. The van der Waals surface area contributed by atoms with Crippen LogP contribution in [0.2, 0.25) is 10.0 Å². The van der Waals surface area contributed by atoms with Gasteiger partial charge in [-0.25, -0.2) is 14.8 Å². The molecule has 10 nitrogen and oxygen atoms in total. The fourth-order valence-electron chi connectivity index (χ4n) is 5.00. The van der Waals surface area contributed by atoms with Gasteiger partial charge in [-0.15, -0.1) is 0 Å². The van der Waals surface area contributed by atoms with E-state index in [1.165, 1.54) is 19.5 Å². The summed E-state index contributed by atoms with van der Waals surface area (Å²) in [5.74, 6) is 1.11. The van der Waals surface area contributed by atoms with Gasteiger partial charge in [0.05, 0.1) is 22.9 Å². The molecule has 3 aromatic rings. The van der Waals surface area contributed by atoms with Crippen molar-refractivity contribution in [2.45, 2.75) is 19.4 Å². The number of rotatable bonds is 6. The van der Waals surface area contributed by atoms with E-state index in [4.69, 9.17) is 43.8 Å². The van der Waals surface area contributed by atoms with Gasteiger partial charge in [-0.2, -0.15) is 0 Å². The van der Waals surface area contributed by atoms with Gasteiger partial charge >= 0.3 is 6.09 Å². The quantitative estimate of drug-likeness (QED) is 0.337. The number of nitrogens with one attached hydrogen (secondary N) is 1. The number of methoxy groups -OCH3 is 1. The third-order valence-corrected chi connectivity index (χ3v) is 7.64. The second kappa shape index (κ2) is 10.6. The van der Waals surface area contributed by atoms with Gasteiger partial charge in [-0.05, 0) is 31.0 Å². The maximum absolute atomic E-state index is 12.0. The number of amides is 1. The van der Waals surface area contributed by atoms with Crippen LogP contribution in [0.5, 0.6) is 5.75 Å². The highest BCUT2D eigenvalue weighted by atomic mass is 35.5. The lowest BCUT2D eigenvalue weighted by Gasteiger charge is -2.54. The van der Waals surface area contributed by atoms with E-state index in [1.54, 1.807) is 35.5 Å². The molecule has 5 rings (SSSR count). The summed E-state index contributed by atoms with van der Waals surface area (Å²) in [7, 11) is 1.41. The second-order valence-corrected chi connectivity index (χ2v) is 10.4. The van der Waals surface area contributed by atoms with Crippen LogP contribution in [0, 0.1) is 10.8 Å². The minimum absolute atomic E-state index is 0.0424. The number of aromatic nitrogens is 3. The highest BCUT2D eigenvalue weighted by Gasteiger charge is 2.47. The van der Waals surface area contributed by atoms with E-state index in [-0.39, 0.29) is 23.8 Å². The summed E-state index contributed by atoms with van der Waals surface area (Å²) in [6, 6.07) is 5.11. The van der Waals surface area contributed by atoms with Gasteiger partial charge in [0.15, 0.2) is 0 Å². The van der Waals surface area contributed by atoms with E-state index in [2.05, 4.69) is 19.9 Å². The first-order chi connectivity index (χ1) is 18.3. The van der Waals surface area contributed by atoms with E-state index in [0.717, 1.165) is 32.5 Å². The SMILES string of the molecule is COC(=O)N1CCCC2(C1)CN(c1ncc(C(=N)c3cc(OCc4c(Cl)cncc4Cl)ccc3N)cn1)C2. The highest BCUT2D eigenvalue weighted by molar-refractivity contribution is 6.35. The summed E-state index contributed by atoms with van der Waals surface area (Å²) in [5, 5.41) is 9.54. The van der Waals surface area contributed by atoms with Crippen molar-refractivity contribution in [1.29, 1.82) is 5.41 Å². The number of carbonyl (C=O) groups is 1. The van der Waals surface area contributed by atoms with Gasteiger partial charge in [0.2, 0.25) is 5.95 Å². The van der Waals surface area contributed by atoms with Crippen LogP contribution in [0.15, 0.2) is 43.0 Å². The maximum atomic E-state index is 12.0. The van der Waals surface area contributed by atoms with Gasteiger partial charge in [0.1, 0.15) is 12.4 Å². The smallest absolute Gasteiger partial charge is 0.409 e. The number of hydrogen-bond donors (Lipinski definition) is 2. The van der Waals surface area contributed by atoms with E-state index < -0.39 is 0 Å². The first kappa shape index (κ1) is 26.0. The minimum atomic E-state index is -0.277. The number of nitrogens with two attached hydrogens (primary N) is 1. The molecule has 0 aliphatic carbocycles. The van der Waals surface area contributed by atoms with E-state index in [1.807, 2.05) is 0 Å². The molecule has 198 valence electrons. The Morgan fingerprint density at radius 2 is 1.84 bits per heavy atom. The van der Waals surface area contributed by atoms with Crippen molar-refractivity contribution >= 4 is 46.6 Å². The Labute approximate surface area is 230 Å². The molecule has 2 fully saturated rings. The Balaban J connectivity index is 1.24. The zero-order valence-electron chi connectivity index (χ0n) is 20.8. The molecule has 2 saturated heterocycles. The molecular formula is C26H27Cl2N7O3. The molecule has 0 saturated carbocycles. The molecule has 38 heavy (non-hydrogen) atoms. The van der Waals surface area contributed by atoms with Crippen molar-refractivity contribution in [3.63, 3.8) is 0 Å². The third kappa shape index (κ3) is 5.19. The number of hydrogen-bond acceptors (Lipinski definition) is 9. The lowest BCUT2D eigenvalue weighted by atomic mass is 9.73. The average molecular weight is 556 g/mol. The molecule has 1 spiro atoms.